The van der Waals surface area contributed by atoms with Crippen LogP contribution in [0.25, 0.3) is 0 Å². The lowest BCUT2D eigenvalue weighted by Crippen LogP contribution is -2.14. The zero-order valence-electron chi connectivity index (χ0n) is 22.9. The van der Waals surface area contributed by atoms with Gasteiger partial charge in [-0.25, -0.2) is 9.59 Å². The Morgan fingerprint density at radius 2 is 0.857 bits per heavy atom. The van der Waals surface area contributed by atoms with Crippen LogP contribution in [-0.4, -0.2) is 60.2 Å². The van der Waals surface area contributed by atoms with Crippen LogP contribution >= 0.6 is 0 Å². The van der Waals surface area contributed by atoms with Crippen molar-refractivity contribution >= 4 is 35.3 Å². The Hall–Kier alpha value is -4.88. The average molecular weight is 589 g/mol. The first-order valence-corrected chi connectivity index (χ1v) is 13.3. The maximum Gasteiger partial charge on any atom is 0.338 e. The van der Waals surface area contributed by atoms with Crippen LogP contribution < -0.4 is 0 Å². The number of benzene rings is 2. The molecule has 226 valence electrons. The lowest BCUT2D eigenvalue weighted by atomic mass is 10.2. The summed E-state index contributed by atoms with van der Waals surface area (Å²) >= 11 is 0. The Balaban J connectivity index is 1.41. The number of nitro benzene ring substituents is 2. The molecule has 0 aromatic heterocycles. The van der Waals surface area contributed by atoms with Crippen LogP contribution in [0.3, 0.4) is 0 Å². The van der Waals surface area contributed by atoms with E-state index in [9.17, 15) is 39.4 Å². The quantitative estimate of drug-likeness (QED) is 0.0722. The minimum atomic E-state index is -0.582. The van der Waals surface area contributed by atoms with Gasteiger partial charge in [0.25, 0.3) is 11.4 Å². The zero-order chi connectivity index (χ0) is 30.7. The molecule has 42 heavy (non-hydrogen) atoms. The van der Waals surface area contributed by atoms with Gasteiger partial charge in [-0.05, 0) is 62.8 Å². The van der Waals surface area contributed by atoms with Gasteiger partial charge in [0.1, 0.15) is 13.2 Å². The topological polar surface area (TPSA) is 191 Å². The number of carbonyl (C=O) groups is 4. The summed E-state index contributed by atoms with van der Waals surface area (Å²) in [7, 11) is 0. The van der Waals surface area contributed by atoms with Crippen LogP contribution in [0, 0.1) is 20.2 Å². The van der Waals surface area contributed by atoms with Crippen molar-refractivity contribution in [2.75, 3.05) is 26.4 Å². The normalized spacial score (nSPS) is 10.4. The highest BCUT2D eigenvalue weighted by atomic mass is 16.6. The molecule has 0 heterocycles. The van der Waals surface area contributed by atoms with Crippen molar-refractivity contribution in [2.45, 2.75) is 51.4 Å². The molecule has 0 spiro atoms. The van der Waals surface area contributed by atoms with Gasteiger partial charge in [0.05, 0.1) is 34.2 Å². The predicted octanol–water partition coefficient (Wildman–Crippen LogP) is 4.72. The summed E-state index contributed by atoms with van der Waals surface area (Å²) in [6.45, 7) is 0.175. The summed E-state index contributed by atoms with van der Waals surface area (Å²) < 4.78 is 20.3. The number of carbonyl (C=O) groups excluding carboxylic acids is 4. The third-order valence-corrected chi connectivity index (χ3v) is 5.75. The molecule has 2 aromatic rings. The number of nitrogens with zero attached hydrogens (tertiary/aromatic N) is 2. The van der Waals surface area contributed by atoms with E-state index in [1.54, 1.807) is 0 Å². The fraction of sp³-hybridized carbons (Fsp3) is 0.429. The molecule has 0 saturated carbocycles. The summed E-state index contributed by atoms with van der Waals surface area (Å²) in [5, 5.41) is 21.3. The Bertz CT molecular complexity index is 1120. The first-order valence-electron chi connectivity index (χ1n) is 13.3. The number of hydrogen-bond acceptors (Lipinski definition) is 12. The molecule has 0 fully saturated rings. The molecule has 0 aliphatic heterocycles. The molecule has 14 nitrogen and oxygen atoms in total. The number of rotatable bonds is 19. The largest absolute Gasteiger partial charge is 0.462 e. The molecule has 0 radical (unpaired) electrons. The summed E-state index contributed by atoms with van der Waals surface area (Å²) in [5.41, 5.74) is 0.190. The van der Waals surface area contributed by atoms with E-state index in [4.69, 9.17) is 18.9 Å². The number of nitro groups is 2. The monoisotopic (exact) mass is 588 g/mol. The zero-order valence-corrected chi connectivity index (χ0v) is 22.9. The van der Waals surface area contributed by atoms with Crippen molar-refractivity contribution in [2.24, 2.45) is 0 Å². The minimum absolute atomic E-state index is 0.0595. The van der Waals surface area contributed by atoms with E-state index in [0.717, 1.165) is 0 Å². The fourth-order valence-corrected chi connectivity index (χ4v) is 3.49. The van der Waals surface area contributed by atoms with E-state index in [0.29, 0.717) is 38.5 Å². The maximum absolute atomic E-state index is 11.9. The smallest absolute Gasteiger partial charge is 0.338 e. The van der Waals surface area contributed by atoms with Gasteiger partial charge in [0, 0.05) is 37.1 Å². The van der Waals surface area contributed by atoms with E-state index in [2.05, 4.69) is 0 Å². The Morgan fingerprint density at radius 1 is 0.500 bits per heavy atom. The van der Waals surface area contributed by atoms with Crippen molar-refractivity contribution in [3.63, 3.8) is 0 Å². The van der Waals surface area contributed by atoms with Gasteiger partial charge in [-0.15, -0.1) is 0 Å². The fourth-order valence-electron chi connectivity index (χ4n) is 3.49. The molecule has 0 bridgehead atoms. The van der Waals surface area contributed by atoms with E-state index in [1.165, 1.54) is 48.5 Å². The lowest BCUT2D eigenvalue weighted by Gasteiger charge is -2.07. The minimum Gasteiger partial charge on any atom is -0.462 e. The number of non-ortho nitro benzene ring substituents is 2. The number of hydrogen-bond donors (Lipinski definition) is 0. The highest BCUT2D eigenvalue weighted by Gasteiger charge is 2.12. The SMILES string of the molecule is O=C(CCCCCOC(=O)c1ccc([N+](=O)[O-])cc1)OCCOC(=O)CCCCCOC(=O)c1ccc([N+](=O)[O-])cc1. The van der Waals surface area contributed by atoms with E-state index in [1.807, 2.05) is 0 Å². The third-order valence-electron chi connectivity index (χ3n) is 5.75. The van der Waals surface area contributed by atoms with Crippen LogP contribution in [0.1, 0.15) is 72.1 Å². The highest BCUT2D eigenvalue weighted by Crippen LogP contribution is 2.14. The predicted molar refractivity (Wildman–Crippen MR) is 146 cm³/mol. The Morgan fingerprint density at radius 3 is 1.19 bits per heavy atom. The van der Waals surface area contributed by atoms with Crippen LogP contribution in [-0.2, 0) is 28.5 Å². The molecule has 0 aliphatic rings. The van der Waals surface area contributed by atoms with Gasteiger partial charge in [-0.1, -0.05) is 0 Å². The summed E-state index contributed by atoms with van der Waals surface area (Å²) in [5.74, 6) is -2.03. The Labute approximate surface area is 241 Å². The molecule has 0 aliphatic carbocycles. The third kappa shape index (κ3) is 13.0. The van der Waals surface area contributed by atoms with E-state index < -0.39 is 33.7 Å². The molecule has 2 rings (SSSR count). The number of ether oxygens (including phenoxy) is 4. The van der Waals surface area contributed by atoms with Crippen molar-refractivity contribution in [3.05, 3.63) is 79.9 Å². The van der Waals surface area contributed by atoms with E-state index in [-0.39, 0.29) is 61.8 Å². The van der Waals surface area contributed by atoms with Gasteiger partial charge < -0.3 is 18.9 Å². The van der Waals surface area contributed by atoms with Crippen LogP contribution in [0.5, 0.6) is 0 Å². The molecule has 2 aromatic carbocycles. The molecule has 0 N–H and O–H groups in total. The highest BCUT2D eigenvalue weighted by molar-refractivity contribution is 5.90. The Kier molecular flexibility index (Phi) is 14.7. The molecular weight excluding hydrogens is 556 g/mol. The second kappa shape index (κ2) is 18.5. The first kappa shape index (κ1) is 33.3. The van der Waals surface area contributed by atoms with Gasteiger partial charge in [0.15, 0.2) is 0 Å². The van der Waals surface area contributed by atoms with E-state index >= 15 is 0 Å². The van der Waals surface area contributed by atoms with Crippen molar-refractivity contribution < 1.29 is 48.0 Å². The van der Waals surface area contributed by atoms with Crippen LogP contribution in [0.15, 0.2) is 48.5 Å². The standard InChI is InChI=1S/C28H32N2O12/c31-25(7-3-1-5-17-41-27(33)21-9-13-23(14-10-21)29(35)36)39-19-20-40-26(32)8-4-2-6-18-42-28(34)22-11-15-24(16-12-22)30(37)38/h9-16H,1-8,17-20H2. The van der Waals surface area contributed by atoms with Crippen LogP contribution in [0.2, 0.25) is 0 Å². The average Bonchev–Trinajstić information content (AvgIpc) is 2.98. The molecule has 0 atom stereocenters. The maximum atomic E-state index is 11.9. The van der Waals surface area contributed by atoms with Crippen molar-refractivity contribution in [1.29, 1.82) is 0 Å². The first-order chi connectivity index (χ1) is 20.2. The summed E-state index contributed by atoms with van der Waals surface area (Å²) in [6, 6.07) is 10.2. The van der Waals surface area contributed by atoms with Gasteiger partial charge in [0.2, 0.25) is 0 Å². The summed E-state index contributed by atoms with van der Waals surface area (Å²) in [6.07, 6.45) is 3.69. The number of unbranched alkanes of at least 4 members (excludes halogenated alkanes) is 4. The molecule has 0 amide bonds. The lowest BCUT2D eigenvalue weighted by molar-refractivity contribution is -0.385. The van der Waals surface area contributed by atoms with Crippen molar-refractivity contribution in [3.8, 4) is 0 Å². The van der Waals surface area contributed by atoms with Gasteiger partial charge >= 0.3 is 23.9 Å². The number of esters is 4. The second-order valence-corrected chi connectivity index (χ2v) is 8.94. The van der Waals surface area contributed by atoms with Crippen molar-refractivity contribution in [1.82, 2.24) is 0 Å². The molecule has 0 unspecified atom stereocenters. The van der Waals surface area contributed by atoms with Gasteiger partial charge in [-0.2, -0.15) is 0 Å². The van der Waals surface area contributed by atoms with Crippen LogP contribution in [0.4, 0.5) is 11.4 Å². The molecular formula is C28H32N2O12. The molecule has 0 saturated heterocycles. The summed E-state index contributed by atoms with van der Waals surface area (Å²) in [4.78, 5) is 67.6. The molecule has 14 heteroatoms. The second-order valence-electron chi connectivity index (χ2n) is 8.94. The van der Waals surface area contributed by atoms with Gasteiger partial charge in [-0.3, -0.25) is 29.8 Å².